The molecule has 0 radical (unpaired) electrons. The van der Waals surface area contributed by atoms with Gasteiger partial charge in [-0.1, -0.05) is 33.8 Å². The zero-order valence-electron chi connectivity index (χ0n) is 45.6. The maximum absolute atomic E-state index is 15.4. The van der Waals surface area contributed by atoms with Gasteiger partial charge in [0.15, 0.2) is 35.2 Å². The number of nitrogens with two attached hydrogens (primary N) is 1. The van der Waals surface area contributed by atoms with E-state index in [-0.39, 0.29) is 48.9 Å². The molecule has 4 aliphatic rings. The van der Waals surface area contributed by atoms with E-state index >= 15 is 9.59 Å². The second kappa shape index (κ2) is 23.4. The number of nitrogens with zero attached hydrogens (tertiary/aromatic N) is 6. The van der Waals surface area contributed by atoms with Crippen molar-refractivity contribution in [2.24, 2.45) is 29.6 Å². The first-order chi connectivity index (χ1) is 34.9. The van der Waals surface area contributed by atoms with Crippen molar-refractivity contribution >= 4 is 46.5 Å². The van der Waals surface area contributed by atoms with E-state index in [1.165, 1.54) is 25.2 Å². The third-order valence-corrected chi connectivity index (χ3v) is 17.9. The van der Waals surface area contributed by atoms with Crippen molar-refractivity contribution in [1.82, 2.24) is 29.4 Å². The molecule has 0 aromatic carbocycles. The fourth-order valence-corrected chi connectivity index (χ4v) is 13.7. The van der Waals surface area contributed by atoms with Crippen LogP contribution >= 0.6 is 11.8 Å². The number of carbonyl (C=O) groups is 3. The second-order valence-electron chi connectivity index (χ2n) is 22.1. The number of Topliss-reactive ketones (excluding diaryl/α,β-unsaturated/α-hetero) is 1. The minimum Gasteiger partial charge on any atom is -0.458 e. The number of fused-ring (bicyclic) bond motifs is 2. The number of ether oxygens (including phenoxy) is 8. The number of ketones is 1. The number of nitrogen functional groups attached to an aromatic ring is 1. The number of pyridine rings is 1. The average molecular weight is 1060 g/mol. The molecule has 4 saturated heterocycles. The van der Waals surface area contributed by atoms with E-state index in [0.717, 1.165) is 5.56 Å². The summed E-state index contributed by atoms with van der Waals surface area (Å²) in [6.45, 7) is 18.1. The predicted molar refractivity (Wildman–Crippen MR) is 275 cm³/mol. The number of cyclic esters (lactones) is 1. The van der Waals surface area contributed by atoms with E-state index in [4.69, 9.17) is 48.6 Å². The highest BCUT2D eigenvalue weighted by Gasteiger charge is 2.62. The molecule has 0 amide bonds. The van der Waals surface area contributed by atoms with Gasteiger partial charge < -0.3 is 63.3 Å². The van der Waals surface area contributed by atoms with Crippen molar-refractivity contribution in [2.45, 2.75) is 197 Å². The van der Waals surface area contributed by atoms with Crippen LogP contribution in [0.2, 0.25) is 0 Å². The van der Waals surface area contributed by atoms with E-state index in [9.17, 15) is 15.0 Å². The van der Waals surface area contributed by atoms with Crippen molar-refractivity contribution in [1.29, 1.82) is 0 Å². The number of esters is 2. The Bertz CT molecular complexity index is 2420. The van der Waals surface area contributed by atoms with E-state index in [2.05, 4.69) is 15.0 Å². The standard InChI is InChI=1S/C53H81N7O13S/c1-15-35-53(10)38(43(49(65)73-53)74-26-60-36(19-18-33-17-16-20-55-24-33)58-39-46(54)56-25-57-47(39)60)29(4)40(61)27(2)22-52(9,67-14)45(72-50-41(62)34(59(11)12)21-28(3)68-50)30(5)42(31(6)48(64)70-35)71-37-23-51(8,66-13)44(63)32(7)69-37/h16-17,20,24-25,27-32,34-35,37-38,41-45,50,62-63H,15,18-19,21-23,26H2,1-14H3,(H2,54,56,57)/t27-,28-,29-,30+,31-,32+,34+,35-,37+,38+,41-,42+,43+,44+,45-,50+,51-,52-,53-/m1/s1. The Balaban J connectivity index is 1.29. The minimum atomic E-state index is -1.48. The van der Waals surface area contributed by atoms with Gasteiger partial charge in [-0.05, 0) is 93.0 Å². The number of carbonyl (C=O) groups excluding carboxylic acids is 3. The molecule has 4 fully saturated rings. The number of anilines is 1. The molecule has 3 aromatic heterocycles. The second-order valence-corrected chi connectivity index (χ2v) is 23.2. The summed E-state index contributed by atoms with van der Waals surface area (Å²) in [5.41, 5.74) is 4.43. The van der Waals surface area contributed by atoms with Gasteiger partial charge >= 0.3 is 11.9 Å². The number of hydrogen-bond donors (Lipinski definition) is 3. The number of thioether (sulfide) groups is 1. The largest absolute Gasteiger partial charge is 0.458 e. The fraction of sp³-hybridized carbons (Fsp3) is 0.755. The summed E-state index contributed by atoms with van der Waals surface area (Å²) < 4.78 is 54.0. The summed E-state index contributed by atoms with van der Waals surface area (Å²) in [4.78, 5) is 65.0. The van der Waals surface area contributed by atoms with Crippen molar-refractivity contribution in [3.8, 4) is 0 Å². The molecule has 0 saturated carbocycles. The number of aromatic nitrogens is 5. The van der Waals surface area contributed by atoms with Crippen LogP contribution in [0.4, 0.5) is 5.82 Å². The van der Waals surface area contributed by atoms with Crippen LogP contribution in [0.25, 0.3) is 11.2 Å². The molecule has 4 aliphatic heterocycles. The molecule has 7 rings (SSSR count). The van der Waals surface area contributed by atoms with Crippen molar-refractivity contribution < 1.29 is 62.5 Å². The van der Waals surface area contributed by atoms with Gasteiger partial charge in [-0.25, -0.2) is 15.0 Å². The van der Waals surface area contributed by atoms with Crippen LogP contribution in [0.5, 0.6) is 0 Å². The first kappa shape index (κ1) is 57.8. The van der Waals surface area contributed by atoms with Gasteiger partial charge in [0.05, 0.1) is 47.4 Å². The average Bonchev–Trinajstić information content (AvgIpc) is 3.86. The first-order valence-corrected chi connectivity index (χ1v) is 27.1. The number of aliphatic hydroxyl groups is 2. The summed E-state index contributed by atoms with van der Waals surface area (Å²) in [6, 6.07) is 3.55. The highest BCUT2D eigenvalue weighted by atomic mass is 32.2. The number of likely N-dealkylation sites (N-methyl/N-ethyl adjacent to an activating group) is 1. The number of imidazole rings is 1. The molecule has 21 heteroatoms. The van der Waals surface area contributed by atoms with E-state index in [1.807, 2.05) is 77.2 Å². The molecule has 0 bridgehead atoms. The van der Waals surface area contributed by atoms with E-state index in [0.29, 0.717) is 36.3 Å². The Morgan fingerprint density at radius 1 is 0.932 bits per heavy atom. The van der Waals surface area contributed by atoms with Crippen molar-refractivity contribution in [3.63, 3.8) is 0 Å². The lowest BCUT2D eigenvalue weighted by Crippen LogP contribution is -2.61. The first-order valence-electron chi connectivity index (χ1n) is 26.1. The number of methoxy groups -OCH3 is 2. The van der Waals surface area contributed by atoms with E-state index < -0.39 is 113 Å². The van der Waals surface area contributed by atoms with Gasteiger partial charge in [0.2, 0.25) is 0 Å². The van der Waals surface area contributed by atoms with Crippen LogP contribution in [-0.2, 0) is 71.0 Å². The summed E-state index contributed by atoms with van der Waals surface area (Å²) >= 11 is 1.30. The summed E-state index contributed by atoms with van der Waals surface area (Å²) in [5.74, 6) is -4.40. The third-order valence-electron chi connectivity index (χ3n) is 16.6. The van der Waals surface area contributed by atoms with E-state index in [1.54, 1.807) is 47.2 Å². The summed E-state index contributed by atoms with van der Waals surface area (Å²) in [6.07, 6.45) is -1.23. The van der Waals surface area contributed by atoms with Gasteiger partial charge in [-0.2, -0.15) is 0 Å². The molecule has 20 nitrogen and oxygen atoms in total. The SMILES string of the molecule is CC[C@H]1OC(=O)[C@H](C)[C@@H](O[C@H]2C[C@@](C)(OC)[C@@H](O)[C@H](C)O2)[C@H](C)[C@@H](O[C@@H]2O[C@H](C)C[C@H](N(C)C)[C@H]2O)[C@](C)(OC)C[C@@H](C)C(=O)[C@H](C)[C@H]2[C@H](SCn3c(CCc4cccnc4)nc4c(N)ncnc43)C(=O)O[C@@]21C. The molecule has 4 N–H and O–H groups in total. The monoisotopic (exact) mass is 1060 g/mol. The summed E-state index contributed by atoms with van der Waals surface area (Å²) in [7, 11) is 6.84. The number of rotatable bonds is 14. The molecule has 0 aliphatic carbocycles. The molecule has 19 atom stereocenters. The molecule has 0 spiro atoms. The highest BCUT2D eigenvalue weighted by molar-refractivity contribution is 7.99. The van der Waals surface area contributed by atoms with Crippen molar-refractivity contribution in [2.75, 3.05) is 34.0 Å². The van der Waals surface area contributed by atoms with Crippen LogP contribution in [0.3, 0.4) is 0 Å². The van der Waals surface area contributed by atoms with Gasteiger partial charge in [0.1, 0.15) is 41.5 Å². The number of hydrogen-bond acceptors (Lipinski definition) is 20. The lowest BCUT2D eigenvalue weighted by molar-refractivity contribution is -0.319. The summed E-state index contributed by atoms with van der Waals surface area (Å²) in [5, 5.41) is 22.2. The van der Waals surface area contributed by atoms with Gasteiger partial charge in [0.25, 0.3) is 0 Å². The third kappa shape index (κ3) is 11.5. The van der Waals surface area contributed by atoms with Crippen LogP contribution in [0.15, 0.2) is 30.9 Å². The van der Waals surface area contributed by atoms with Gasteiger partial charge in [0, 0.05) is 69.2 Å². The smallest absolute Gasteiger partial charge is 0.320 e. The molecule has 3 aromatic rings. The molecular formula is C53H81N7O13S. The molecule has 412 valence electrons. The Labute approximate surface area is 439 Å². The van der Waals surface area contributed by atoms with Crippen molar-refractivity contribution in [3.05, 3.63) is 42.2 Å². The zero-order valence-corrected chi connectivity index (χ0v) is 46.4. The zero-order chi connectivity index (χ0) is 54.2. The quantitative estimate of drug-likeness (QED) is 0.181. The Morgan fingerprint density at radius 2 is 1.65 bits per heavy atom. The van der Waals surface area contributed by atoms with Crippen LogP contribution in [0.1, 0.15) is 106 Å². The Morgan fingerprint density at radius 3 is 2.30 bits per heavy atom. The van der Waals surface area contributed by atoms with Gasteiger partial charge in [-0.3, -0.25) is 19.4 Å². The maximum Gasteiger partial charge on any atom is 0.320 e. The predicted octanol–water partition coefficient (Wildman–Crippen LogP) is 4.92. The number of aryl methyl sites for hydroxylation is 2. The normalized spacial score (nSPS) is 39.7. The maximum atomic E-state index is 15.4. The molecule has 74 heavy (non-hydrogen) atoms. The Hall–Kier alpha value is -3.90. The fourth-order valence-electron chi connectivity index (χ4n) is 12.2. The highest BCUT2D eigenvalue weighted by Crippen LogP contribution is 2.50. The van der Waals surface area contributed by atoms with Crippen LogP contribution < -0.4 is 5.73 Å². The Kier molecular flexibility index (Phi) is 18.3. The van der Waals surface area contributed by atoms with Crippen LogP contribution in [0, 0.1) is 29.6 Å². The van der Waals surface area contributed by atoms with Gasteiger partial charge in [-0.15, -0.1) is 11.8 Å². The van der Waals surface area contributed by atoms with Crippen LogP contribution in [-0.4, -0.2) is 169 Å². The minimum absolute atomic E-state index is 0.108. The lowest BCUT2D eigenvalue weighted by Gasteiger charge is -2.50. The molecule has 7 heterocycles. The molecular weight excluding hydrogens is 975 g/mol. The molecule has 0 unspecified atom stereocenters. The number of aliphatic hydroxyl groups excluding tert-OH is 2. The lowest BCUT2D eigenvalue weighted by atomic mass is 9.70. The topological polar surface area (TPSA) is 251 Å².